The molecule has 0 radical (unpaired) electrons. The minimum atomic E-state index is -0.309. The third-order valence-electron chi connectivity index (χ3n) is 4.97. The number of hydrogen-bond acceptors (Lipinski definition) is 8. The number of anilines is 4. The molecule has 1 aliphatic heterocycles. The van der Waals surface area contributed by atoms with E-state index in [0.717, 1.165) is 40.4 Å². The molecule has 0 bridgehead atoms. The molecule has 1 saturated heterocycles. The molecule has 1 aromatic heterocycles. The third-order valence-corrected chi connectivity index (χ3v) is 6.02. The number of nitrogens with one attached hydrogen (secondary N) is 2. The van der Waals surface area contributed by atoms with Gasteiger partial charge in [-0.3, -0.25) is 0 Å². The first kappa shape index (κ1) is 26.1. The Morgan fingerprint density at radius 2 is 1.74 bits per heavy atom. The fourth-order valence-corrected chi connectivity index (χ4v) is 4.84. The van der Waals surface area contributed by atoms with Gasteiger partial charge in [0.25, 0.3) is 0 Å². The van der Waals surface area contributed by atoms with Gasteiger partial charge < -0.3 is 15.0 Å². The van der Waals surface area contributed by atoms with Crippen LogP contribution >= 0.6 is 44.3 Å². The van der Waals surface area contributed by atoms with E-state index in [1.165, 1.54) is 18.6 Å². The molecule has 1 fully saturated rings. The summed E-state index contributed by atoms with van der Waals surface area (Å²) in [4.78, 5) is 15.7. The van der Waals surface area contributed by atoms with Crippen LogP contribution in [0, 0.1) is 5.82 Å². The van der Waals surface area contributed by atoms with Gasteiger partial charge in [-0.25, -0.2) is 9.82 Å². The molecule has 1 aliphatic rings. The fraction of sp³-hybridized carbons (Fsp3) is 0.273. The maximum atomic E-state index is 13.3. The molecular formula is C22H23Br2ClFN7O. The van der Waals surface area contributed by atoms with Crippen LogP contribution in [0.3, 0.4) is 0 Å². The Labute approximate surface area is 220 Å². The molecular weight excluding hydrogens is 593 g/mol. The molecule has 2 N–H and O–H groups in total. The quantitative estimate of drug-likeness (QED) is 0.244. The first-order chi connectivity index (χ1) is 16.0. The first-order valence-electron chi connectivity index (χ1n) is 10.4. The standard InChI is InChI=1S/C22H22Br2FN7O.ClH/c1-33-19-14(11-15(23)12-18(19)24)13-26-31-21-28-20(27-17-7-5-16(25)6-8-17)29-22(30-21)32-9-3-2-4-10-32;/h5-8,11-13H,2-4,9-10H2,1H3,(H2,27,28,29,30,31);1H. The molecule has 0 amide bonds. The fourth-order valence-electron chi connectivity index (χ4n) is 3.42. The third kappa shape index (κ3) is 6.77. The lowest BCUT2D eigenvalue weighted by Gasteiger charge is -2.26. The molecule has 0 atom stereocenters. The Morgan fingerprint density at radius 3 is 2.44 bits per heavy atom. The number of rotatable bonds is 7. The lowest BCUT2D eigenvalue weighted by molar-refractivity contribution is 0.411. The van der Waals surface area contributed by atoms with Crippen LogP contribution in [0.4, 0.5) is 27.9 Å². The average Bonchev–Trinajstić information content (AvgIpc) is 2.81. The minimum absolute atomic E-state index is 0. The monoisotopic (exact) mass is 613 g/mol. The molecule has 0 aliphatic carbocycles. The van der Waals surface area contributed by atoms with E-state index in [0.29, 0.717) is 29.3 Å². The van der Waals surface area contributed by atoms with Crippen LogP contribution in [0.5, 0.6) is 5.75 Å². The summed E-state index contributed by atoms with van der Waals surface area (Å²) in [5.41, 5.74) is 4.33. The lowest BCUT2D eigenvalue weighted by atomic mass is 10.1. The van der Waals surface area contributed by atoms with E-state index in [1.54, 1.807) is 25.5 Å². The second-order valence-corrected chi connectivity index (χ2v) is 9.11. The SMILES string of the molecule is COc1c(Br)cc(Br)cc1C=NNc1nc(Nc2ccc(F)cc2)nc(N2CCCCC2)n1.Cl. The van der Waals surface area contributed by atoms with Crippen molar-refractivity contribution in [3.05, 3.63) is 56.7 Å². The zero-order chi connectivity index (χ0) is 23.2. The highest BCUT2D eigenvalue weighted by Crippen LogP contribution is 2.31. The first-order valence-corrected chi connectivity index (χ1v) is 12.0. The smallest absolute Gasteiger partial charge is 0.250 e. The summed E-state index contributed by atoms with van der Waals surface area (Å²) < 4.78 is 20.4. The second kappa shape index (κ2) is 12.3. The van der Waals surface area contributed by atoms with Crippen molar-refractivity contribution in [2.75, 3.05) is 35.8 Å². The Bertz CT molecular complexity index is 1140. The van der Waals surface area contributed by atoms with Crippen molar-refractivity contribution in [1.29, 1.82) is 0 Å². The summed E-state index contributed by atoms with van der Waals surface area (Å²) in [6.45, 7) is 1.76. The zero-order valence-electron chi connectivity index (χ0n) is 18.3. The molecule has 3 aromatic rings. The van der Waals surface area contributed by atoms with Crippen LogP contribution in [0.15, 0.2) is 50.4 Å². The van der Waals surface area contributed by atoms with E-state index in [9.17, 15) is 4.39 Å². The number of benzene rings is 2. The second-order valence-electron chi connectivity index (χ2n) is 7.34. The predicted octanol–water partition coefficient (Wildman–Crippen LogP) is 6.15. The highest BCUT2D eigenvalue weighted by molar-refractivity contribution is 9.11. The van der Waals surface area contributed by atoms with E-state index >= 15 is 0 Å². The van der Waals surface area contributed by atoms with Crippen LogP contribution in [-0.4, -0.2) is 41.4 Å². The molecule has 8 nitrogen and oxygen atoms in total. The van der Waals surface area contributed by atoms with Gasteiger partial charge >= 0.3 is 0 Å². The number of ether oxygens (including phenoxy) is 1. The highest BCUT2D eigenvalue weighted by atomic mass is 79.9. The molecule has 2 aromatic carbocycles. The van der Waals surface area contributed by atoms with Gasteiger partial charge in [-0.15, -0.1) is 12.4 Å². The van der Waals surface area contributed by atoms with Crippen LogP contribution in [0.2, 0.25) is 0 Å². The van der Waals surface area contributed by atoms with Crippen molar-refractivity contribution in [1.82, 2.24) is 15.0 Å². The van der Waals surface area contributed by atoms with E-state index in [1.807, 2.05) is 12.1 Å². The summed E-state index contributed by atoms with van der Waals surface area (Å²) in [6, 6.07) is 9.80. The number of halogens is 4. The van der Waals surface area contributed by atoms with Gasteiger partial charge in [0.15, 0.2) is 0 Å². The van der Waals surface area contributed by atoms with Crippen molar-refractivity contribution >= 4 is 74.0 Å². The Hall–Kier alpha value is -2.50. The van der Waals surface area contributed by atoms with E-state index in [2.05, 4.69) is 67.6 Å². The van der Waals surface area contributed by atoms with E-state index in [4.69, 9.17) is 4.74 Å². The summed E-state index contributed by atoms with van der Waals surface area (Å²) in [5, 5.41) is 7.42. The largest absolute Gasteiger partial charge is 0.495 e. The van der Waals surface area contributed by atoms with Crippen molar-refractivity contribution in [3.63, 3.8) is 0 Å². The van der Waals surface area contributed by atoms with Gasteiger partial charge in [0.05, 0.1) is 17.8 Å². The maximum Gasteiger partial charge on any atom is 0.250 e. The number of hydrogen-bond donors (Lipinski definition) is 2. The number of piperidine rings is 1. The normalized spacial score (nSPS) is 13.5. The van der Waals surface area contributed by atoms with Crippen LogP contribution < -0.4 is 20.4 Å². The summed E-state index contributed by atoms with van der Waals surface area (Å²) in [7, 11) is 1.60. The van der Waals surface area contributed by atoms with E-state index < -0.39 is 0 Å². The number of aromatic nitrogens is 3. The topological polar surface area (TPSA) is 87.6 Å². The number of hydrazone groups is 1. The molecule has 34 heavy (non-hydrogen) atoms. The van der Waals surface area contributed by atoms with Crippen molar-refractivity contribution in [2.24, 2.45) is 5.10 Å². The molecule has 4 rings (SSSR count). The van der Waals surface area contributed by atoms with Crippen molar-refractivity contribution in [2.45, 2.75) is 19.3 Å². The van der Waals surface area contributed by atoms with Gasteiger partial charge in [0, 0.05) is 28.8 Å². The zero-order valence-corrected chi connectivity index (χ0v) is 22.3. The van der Waals surface area contributed by atoms with Crippen molar-refractivity contribution in [3.8, 4) is 5.75 Å². The summed E-state index contributed by atoms with van der Waals surface area (Å²) in [6.07, 6.45) is 5.00. The summed E-state index contributed by atoms with van der Waals surface area (Å²) in [5.74, 6) is 1.55. The molecule has 180 valence electrons. The minimum Gasteiger partial charge on any atom is -0.495 e. The van der Waals surface area contributed by atoms with Gasteiger partial charge in [0.2, 0.25) is 17.8 Å². The van der Waals surface area contributed by atoms with Gasteiger partial charge in [-0.05, 0) is 71.6 Å². The predicted molar refractivity (Wildman–Crippen MR) is 142 cm³/mol. The van der Waals surface area contributed by atoms with Crippen LogP contribution in [0.25, 0.3) is 0 Å². The van der Waals surface area contributed by atoms with Gasteiger partial charge in [-0.1, -0.05) is 15.9 Å². The lowest BCUT2D eigenvalue weighted by Crippen LogP contribution is -2.31. The number of methoxy groups -OCH3 is 1. The Kier molecular flexibility index (Phi) is 9.43. The van der Waals surface area contributed by atoms with Gasteiger partial charge in [0.1, 0.15) is 11.6 Å². The highest BCUT2D eigenvalue weighted by Gasteiger charge is 2.16. The molecule has 0 unspecified atom stereocenters. The molecule has 12 heteroatoms. The number of nitrogens with zero attached hydrogens (tertiary/aromatic N) is 5. The Morgan fingerprint density at radius 1 is 1.03 bits per heavy atom. The molecule has 2 heterocycles. The van der Waals surface area contributed by atoms with Gasteiger partial charge in [-0.2, -0.15) is 20.1 Å². The van der Waals surface area contributed by atoms with Crippen LogP contribution in [-0.2, 0) is 0 Å². The average molecular weight is 616 g/mol. The maximum absolute atomic E-state index is 13.3. The van der Waals surface area contributed by atoms with Crippen LogP contribution in [0.1, 0.15) is 24.8 Å². The molecule has 0 saturated carbocycles. The Balaban J connectivity index is 0.00000324. The summed E-state index contributed by atoms with van der Waals surface area (Å²) >= 11 is 6.96. The molecule has 0 spiro atoms. The van der Waals surface area contributed by atoms with Crippen molar-refractivity contribution < 1.29 is 9.13 Å². The van der Waals surface area contributed by atoms with E-state index in [-0.39, 0.29) is 18.2 Å².